The molecule has 1 amide bonds. The van der Waals surface area contributed by atoms with E-state index in [2.05, 4.69) is 13.8 Å². The van der Waals surface area contributed by atoms with Gasteiger partial charge in [-0.25, -0.2) is 0 Å². The van der Waals surface area contributed by atoms with Gasteiger partial charge in [-0.1, -0.05) is 80.6 Å². The van der Waals surface area contributed by atoms with Gasteiger partial charge in [-0.15, -0.1) is 0 Å². The number of aliphatic hydroxyl groups excluding tert-OH is 1. The molecule has 1 heterocycles. The lowest BCUT2D eigenvalue weighted by Crippen LogP contribution is -2.29. The molecule has 1 unspecified atom stereocenters. The predicted molar refractivity (Wildman–Crippen MR) is 147 cm³/mol. The highest BCUT2D eigenvalue weighted by Crippen LogP contribution is 2.43. The summed E-state index contributed by atoms with van der Waals surface area (Å²) in [4.78, 5) is 28.5. The molecule has 0 bridgehead atoms. The minimum atomic E-state index is -0.780. The van der Waals surface area contributed by atoms with Crippen LogP contribution in [0.2, 0.25) is 0 Å². The standard InChI is InChI=1S/C32H29NO4/c1-4-37-25-18-16-24(17-19-25)33-29(23-14-12-21(13-15-23)20(2)3)28(31(35)32(33)36)30(34)27-11-7-9-22-8-5-6-10-26(22)27/h5-20,29,34H,4H2,1-3H3/b30-28-. The van der Waals surface area contributed by atoms with Gasteiger partial charge in [0, 0.05) is 11.3 Å². The summed E-state index contributed by atoms with van der Waals surface area (Å²) < 4.78 is 5.56. The molecule has 0 spiro atoms. The maximum atomic E-state index is 13.5. The van der Waals surface area contributed by atoms with Crippen molar-refractivity contribution >= 4 is 33.9 Å². The van der Waals surface area contributed by atoms with Crippen molar-refractivity contribution in [3.05, 3.63) is 113 Å². The summed E-state index contributed by atoms with van der Waals surface area (Å²) in [5, 5.41) is 13.4. The van der Waals surface area contributed by atoms with Gasteiger partial charge in [0.15, 0.2) is 0 Å². The first-order valence-electron chi connectivity index (χ1n) is 12.5. The lowest BCUT2D eigenvalue weighted by atomic mass is 9.92. The Hall–Kier alpha value is -4.38. The molecule has 1 saturated heterocycles. The summed E-state index contributed by atoms with van der Waals surface area (Å²) in [6.45, 7) is 6.65. The van der Waals surface area contributed by atoms with Crippen LogP contribution in [0.4, 0.5) is 5.69 Å². The minimum absolute atomic E-state index is 0.0764. The number of benzene rings is 4. The van der Waals surface area contributed by atoms with E-state index >= 15 is 0 Å². The molecule has 4 aromatic carbocycles. The van der Waals surface area contributed by atoms with Gasteiger partial charge >= 0.3 is 0 Å². The second-order valence-electron chi connectivity index (χ2n) is 9.44. The molecule has 0 saturated carbocycles. The van der Waals surface area contributed by atoms with Gasteiger partial charge < -0.3 is 9.84 Å². The fraction of sp³-hybridized carbons (Fsp3) is 0.188. The largest absolute Gasteiger partial charge is 0.507 e. The summed E-state index contributed by atoms with van der Waals surface area (Å²) in [6, 6.07) is 27.4. The molecule has 1 N–H and O–H groups in total. The number of carbonyl (C=O) groups excluding carboxylic acids is 2. The van der Waals surface area contributed by atoms with Crippen LogP contribution in [-0.4, -0.2) is 23.4 Å². The molecule has 37 heavy (non-hydrogen) atoms. The van der Waals surface area contributed by atoms with Crippen LogP contribution < -0.4 is 9.64 Å². The number of Topliss-reactive ketones (excluding diaryl/α,β-unsaturated/α-hetero) is 1. The van der Waals surface area contributed by atoms with E-state index < -0.39 is 17.7 Å². The van der Waals surface area contributed by atoms with Crippen molar-refractivity contribution in [2.24, 2.45) is 0 Å². The molecular weight excluding hydrogens is 462 g/mol. The average Bonchev–Trinajstić information content (AvgIpc) is 3.18. The molecule has 5 nitrogen and oxygen atoms in total. The molecule has 0 aromatic heterocycles. The highest BCUT2D eigenvalue weighted by molar-refractivity contribution is 6.51. The average molecular weight is 492 g/mol. The van der Waals surface area contributed by atoms with Crippen molar-refractivity contribution in [1.29, 1.82) is 0 Å². The van der Waals surface area contributed by atoms with Gasteiger partial charge in [0.2, 0.25) is 0 Å². The summed E-state index contributed by atoms with van der Waals surface area (Å²) in [5.74, 6) is -0.554. The van der Waals surface area contributed by atoms with Gasteiger partial charge in [-0.2, -0.15) is 0 Å². The van der Waals surface area contributed by atoms with Gasteiger partial charge in [-0.05, 0) is 59.0 Å². The first-order chi connectivity index (χ1) is 17.9. The molecule has 1 aliphatic heterocycles. The third kappa shape index (κ3) is 4.38. The first-order valence-corrected chi connectivity index (χ1v) is 12.5. The number of rotatable bonds is 6. The van der Waals surface area contributed by atoms with E-state index in [1.165, 1.54) is 4.90 Å². The molecular formula is C32H29NO4. The normalized spacial score (nSPS) is 17.1. The van der Waals surface area contributed by atoms with Crippen LogP contribution in [0.1, 0.15) is 49.4 Å². The van der Waals surface area contributed by atoms with E-state index in [-0.39, 0.29) is 11.3 Å². The number of anilines is 1. The Kier molecular flexibility index (Phi) is 6.53. The third-order valence-electron chi connectivity index (χ3n) is 6.83. The molecule has 0 aliphatic carbocycles. The van der Waals surface area contributed by atoms with E-state index in [0.29, 0.717) is 29.5 Å². The fourth-order valence-corrected chi connectivity index (χ4v) is 4.92. The number of hydrogen-bond donors (Lipinski definition) is 1. The monoisotopic (exact) mass is 491 g/mol. The minimum Gasteiger partial charge on any atom is -0.507 e. The fourth-order valence-electron chi connectivity index (χ4n) is 4.92. The van der Waals surface area contributed by atoms with Gasteiger partial charge in [-0.3, -0.25) is 14.5 Å². The number of carbonyl (C=O) groups is 2. The van der Waals surface area contributed by atoms with Crippen molar-refractivity contribution in [2.45, 2.75) is 32.7 Å². The highest BCUT2D eigenvalue weighted by atomic mass is 16.5. The molecule has 5 heteroatoms. The van der Waals surface area contributed by atoms with E-state index in [9.17, 15) is 14.7 Å². The highest BCUT2D eigenvalue weighted by Gasteiger charge is 2.47. The molecule has 186 valence electrons. The molecule has 0 radical (unpaired) electrons. The number of ketones is 1. The second kappa shape index (κ2) is 9.94. The van der Waals surface area contributed by atoms with Gasteiger partial charge in [0.25, 0.3) is 11.7 Å². The molecule has 1 fully saturated rings. The topological polar surface area (TPSA) is 66.8 Å². The first kappa shape index (κ1) is 24.3. The number of fused-ring (bicyclic) bond motifs is 1. The van der Waals surface area contributed by atoms with Crippen molar-refractivity contribution in [2.75, 3.05) is 11.5 Å². The van der Waals surface area contributed by atoms with E-state index in [0.717, 1.165) is 21.9 Å². The molecule has 1 aliphatic rings. The Morgan fingerprint density at radius 3 is 2.24 bits per heavy atom. The Labute approximate surface area is 216 Å². The number of amides is 1. The number of ether oxygens (including phenoxy) is 1. The lowest BCUT2D eigenvalue weighted by Gasteiger charge is -2.26. The van der Waals surface area contributed by atoms with Crippen LogP contribution in [0.5, 0.6) is 5.75 Å². The lowest BCUT2D eigenvalue weighted by molar-refractivity contribution is -0.132. The summed E-state index contributed by atoms with van der Waals surface area (Å²) in [7, 11) is 0. The summed E-state index contributed by atoms with van der Waals surface area (Å²) >= 11 is 0. The molecule has 5 rings (SSSR count). The number of hydrogen-bond acceptors (Lipinski definition) is 4. The van der Waals surface area contributed by atoms with Crippen molar-refractivity contribution in [1.82, 2.24) is 0 Å². The summed E-state index contributed by atoms with van der Waals surface area (Å²) in [5.41, 5.74) is 3.05. The van der Waals surface area contributed by atoms with E-state index in [1.54, 1.807) is 30.3 Å². The SMILES string of the molecule is CCOc1ccc(N2C(=O)C(=O)/C(=C(\O)c3cccc4ccccc34)C2c2ccc(C(C)C)cc2)cc1. The zero-order chi connectivity index (χ0) is 26.1. The van der Waals surface area contributed by atoms with Crippen molar-refractivity contribution in [3.8, 4) is 5.75 Å². The van der Waals surface area contributed by atoms with Crippen LogP contribution in [0.25, 0.3) is 16.5 Å². The van der Waals surface area contributed by atoms with E-state index in [4.69, 9.17) is 4.74 Å². The maximum Gasteiger partial charge on any atom is 0.300 e. The Balaban J connectivity index is 1.71. The smallest absolute Gasteiger partial charge is 0.300 e. The number of aliphatic hydroxyl groups is 1. The molecule has 4 aromatic rings. The zero-order valence-electron chi connectivity index (χ0n) is 21.1. The number of nitrogens with zero attached hydrogens (tertiary/aromatic N) is 1. The van der Waals surface area contributed by atoms with Crippen LogP contribution in [-0.2, 0) is 9.59 Å². The Morgan fingerprint density at radius 2 is 1.57 bits per heavy atom. The Morgan fingerprint density at radius 1 is 0.892 bits per heavy atom. The van der Waals surface area contributed by atoms with E-state index in [1.807, 2.05) is 67.6 Å². The van der Waals surface area contributed by atoms with Crippen molar-refractivity contribution in [3.63, 3.8) is 0 Å². The third-order valence-corrected chi connectivity index (χ3v) is 6.83. The predicted octanol–water partition coefficient (Wildman–Crippen LogP) is 6.99. The Bertz CT molecular complexity index is 1500. The van der Waals surface area contributed by atoms with Crippen LogP contribution in [0.3, 0.4) is 0 Å². The molecule has 1 atom stereocenters. The van der Waals surface area contributed by atoms with Crippen LogP contribution in [0.15, 0.2) is 96.6 Å². The van der Waals surface area contributed by atoms with Crippen LogP contribution >= 0.6 is 0 Å². The summed E-state index contributed by atoms with van der Waals surface area (Å²) in [6.07, 6.45) is 0. The van der Waals surface area contributed by atoms with Crippen molar-refractivity contribution < 1.29 is 19.4 Å². The van der Waals surface area contributed by atoms with Crippen LogP contribution in [0, 0.1) is 0 Å². The van der Waals surface area contributed by atoms with Gasteiger partial charge in [0.05, 0.1) is 18.2 Å². The second-order valence-corrected chi connectivity index (χ2v) is 9.44. The quantitative estimate of drug-likeness (QED) is 0.179. The maximum absolute atomic E-state index is 13.5. The van der Waals surface area contributed by atoms with Gasteiger partial charge in [0.1, 0.15) is 11.5 Å². The zero-order valence-corrected chi connectivity index (χ0v) is 21.1.